The van der Waals surface area contributed by atoms with Crippen molar-refractivity contribution in [2.75, 3.05) is 13.2 Å². The zero-order valence-corrected chi connectivity index (χ0v) is 16.6. The first kappa shape index (κ1) is 18.9. The Kier molecular flexibility index (Phi) is 5.59. The molecule has 28 heavy (non-hydrogen) atoms. The molecular weight excluding hydrogens is 376 g/mol. The fraction of sp³-hybridized carbons (Fsp3) is 0.381. The third-order valence-corrected chi connectivity index (χ3v) is 5.31. The molecule has 146 valence electrons. The maximum absolute atomic E-state index is 11.4. The molecule has 0 saturated heterocycles. The van der Waals surface area contributed by atoms with Gasteiger partial charge in [0.25, 0.3) is 0 Å². The highest BCUT2D eigenvalue weighted by Gasteiger charge is 2.23. The van der Waals surface area contributed by atoms with Gasteiger partial charge < -0.3 is 10.1 Å². The number of fused-ring (bicyclic) bond motifs is 1. The highest BCUT2D eigenvalue weighted by Crippen LogP contribution is 2.35. The molecular formula is C21H23ClN4O2. The predicted molar refractivity (Wildman–Crippen MR) is 109 cm³/mol. The van der Waals surface area contributed by atoms with Crippen LogP contribution in [0.1, 0.15) is 25.3 Å². The van der Waals surface area contributed by atoms with Crippen LogP contribution in [0, 0.1) is 5.92 Å². The summed E-state index contributed by atoms with van der Waals surface area (Å²) in [6.45, 7) is 3.91. The average molecular weight is 399 g/mol. The Hall–Kier alpha value is -2.44. The van der Waals surface area contributed by atoms with Crippen molar-refractivity contribution in [2.45, 2.75) is 32.9 Å². The molecule has 0 aliphatic heterocycles. The van der Waals surface area contributed by atoms with Crippen LogP contribution in [-0.4, -0.2) is 34.1 Å². The zero-order chi connectivity index (χ0) is 19.5. The largest absolute Gasteiger partial charge is 0.465 e. The Labute approximate surface area is 168 Å². The van der Waals surface area contributed by atoms with Crippen molar-refractivity contribution >= 4 is 28.6 Å². The maximum Gasteiger partial charge on any atom is 0.319 e. The first-order valence-corrected chi connectivity index (χ1v) is 10.0. The number of hydrogen-bond donors (Lipinski definition) is 1. The summed E-state index contributed by atoms with van der Waals surface area (Å²) in [6.07, 6.45) is 2.54. The molecule has 1 N–H and O–H groups in total. The molecule has 0 spiro atoms. The van der Waals surface area contributed by atoms with Gasteiger partial charge in [0.1, 0.15) is 5.52 Å². The summed E-state index contributed by atoms with van der Waals surface area (Å²) < 4.78 is 6.86. The number of nitrogens with zero attached hydrogens (tertiary/aromatic N) is 3. The monoisotopic (exact) mass is 398 g/mol. The Morgan fingerprint density at radius 3 is 2.75 bits per heavy atom. The molecule has 1 saturated carbocycles. The van der Waals surface area contributed by atoms with Gasteiger partial charge in [0.15, 0.2) is 0 Å². The number of benzene rings is 2. The molecule has 1 aliphatic carbocycles. The van der Waals surface area contributed by atoms with E-state index in [2.05, 4.69) is 15.6 Å². The van der Waals surface area contributed by atoms with Gasteiger partial charge in [-0.25, -0.2) is 4.68 Å². The first-order chi connectivity index (χ1) is 13.7. The molecule has 1 heterocycles. The van der Waals surface area contributed by atoms with Crippen molar-refractivity contribution < 1.29 is 9.53 Å². The van der Waals surface area contributed by atoms with Crippen molar-refractivity contribution in [3.8, 4) is 11.1 Å². The van der Waals surface area contributed by atoms with Crippen molar-refractivity contribution in [3.63, 3.8) is 0 Å². The summed E-state index contributed by atoms with van der Waals surface area (Å²) in [7, 11) is 0. The van der Waals surface area contributed by atoms with Gasteiger partial charge in [0, 0.05) is 18.7 Å². The van der Waals surface area contributed by atoms with Crippen LogP contribution in [0.4, 0.5) is 0 Å². The summed E-state index contributed by atoms with van der Waals surface area (Å²) in [4.78, 5) is 11.4. The number of esters is 1. The maximum atomic E-state index is 11.4. The van der Waals surface area contributed by atoms with E-state index in [0.29, 0.717) is 18.2 Å². The second-order valence-electron chi connectivity index (χ2n) is 7.12. The van der Waals surface area contributed by atoms with Crippen LogP contribution in [0.3, 0.4) is 0 Å². The molecule has 1 fully saturated rings. The van der Waals surface area contributed by atoms with Crippen molar-refractivity contribution in [3.05, 3.63) is 47.0 Å². The van der Waals surface area contributed by atoms with Crippen LogP contribution >= 0.6 is 11.6 Å². The van der Waals surface area contributed by atoms with E-state index in [9.17, 15) is 4.79 Å². The van der Waals surface area contributed by atoms with E-state index < -0.39 is 0 Å². The molecule has 0 amide bonds. The van der Waals surface area contributed by atoms with Gasteiger partial charge in [-0.15, -0.1) is 5.10 Å². The number of hydrogen-bond acceptors (Lipinski definition) is 5. The summed E-state index contributed by atoms with van der Waals surface area (Å²) in [5.74, 6) is 0.488. The first-order valence-electron chi connectivity index (χ1n) is 9.63. The topological polar surface area (TPSA) is 69.0 Å². The molecule has 0 radical (unpaired) electrons. The van der Waals surface area contributed by atoms with E-state index in [1.165, 1.54) is 12.8 Å². The predicted octanol–water partition coefficient (Wildman–Crippen LogP) is 3.81. The molecule has 4 rings (SSSR count). The lowest BCUT2D eigenvalue weighted by atomic mass is 10.0. The van der Waals surface area contributed by atoms with Crippen molar-refractivity contribution in [1.82, 2.24) is 20.3 Å². The fourth-order valence-electron chi connectivity index (χ4n) is 3.23. The van der Waals surface area contributed by atoms with Gasteiger partial charge in [-0.3, -0.25) is 4.79 Å². The average Bonchev–Trinajstić information content (AvgIpc) is 3.42. The van der Waals surface area contributed by atoms with Crippen LogP contribution in [0.5, 0.6) is 0 Å². The van der Waals surface area contributed by atoms with Crippen LogP contribution in [0.2, 0.25) is 5.02 Å². The van der Waals surface area contributed by atoms with E-state index in [-0.39, 0.29) is 12.5 Å². The molecule has 7 heteroatoms. The zero-order valence-electron chi connectivity index (χ0n) is 15.8. The quantitative estimate of drug-likeness (QED) is 0.584. The standard InChI is InChI=1S/C21H23ClN4O2/c1-2-28-19(27)12-23-11-14-5-7-16(8-6-14)17-9-10-18-21(20(17)22)24-25-26(18)13-15-3-4-15/h5-10,15,23H,2-4,11-13H2,1H3. The minimum atomic E-state index is -0.242. The fourth-order valence-corrected chi connectivity index (χ4v) is 3.54. The third kappa shape index (κ3) is 4.18. The van der Waals surface area contributed by atoms with Gasteiger partial charge >= 0.3 is 5.97 Å². The normalized spacial score (nSPS) is 13.8. The van der Waals surface area contributed by atoms with Crippen LogP contribution < -0.4 is 5.32 Å². The summed E-state index contributed by atoms with van der Waals surface area (Å²) in [5, 5.41) is 12.3. The Balaban J connectivity index is 1.47. The lowest BCUT2D eigenvalue weighted by Gasteiger charge is -2.08. The van der Waals surface area contributed by atoms with Gasteiger partial charge in [-0.2, -0.15) is 0 Å². The van der Waals surface area contributed by atoms with Crippen molar-refractivity contribution in [1.29, 1.82) is 0 Å². The number of carbonyl (C=O) groups excluding carboxylic acids is 1. The molecule has 0 atom stereocenters. The highest BCUT2D eigenvalue weighted by molar-refractivity contribution is 6.37. The summed E-state index contributed by atoms with van der Waals surface area (Å²) in [5.41, 5.74) is 4.79. The molecule has 1 aromatic heterocycles. The number of halogens is 1. The number of aromatic nitrogens is 3. The van der Waals surface area contributed by atoms with Gasteiger partial charge in [0.05, 0.1) is 23.7 Å². The molecule has 6 nitrogen and oxygen atoms in total. The smallest absolute Gasteiger partial charge is 0.319 e. The van der Waals surface area contributed by atoms with E-state index in [0.717, 1.165) is 40.2 Å². The molecule has 2 aromatic carbocycles. The summed E-state index contributed by atoms with van der Waals surface area (Å²) >= 11 is 6.65. The molecule has 3 aromatic rings. The van der Waals surface area contributed by atoms with E-state index in [4.69, 9.17) is 16.3 Å². The molecule has 1 aliphatic rings. The number of rotatable bonds is 8. The van der Waals surface area contributed by atoms with Crippen LogP contribution in [0.25, 0.3) is 22.2 Å². The van der Waals surface area contributed by atoms with Gasteiger partial charge in [-0.1, -0.05) is 47.1 Å². The number of nitrogens with one attached hydrogen (secondary N) is 1. The molecule has 0 unspecified atom stereocenters. The second kappa shape index (κ2) is 8.29. The van der Waals surface area contributed by atoms with Crippen molar-refractivity contribution in [2.24, 2.45) is 5.92 Å². The molecule has 0 bridgehead atoms. The Bertz CT molecular complexity index is 980. The van der Waals surface area contributed by atoms with E-state index in [1.54, 1.807) is 6.92 Å². The van der Waals surface area contributed by atoms with E-state index in [1.807, 2.05) is 41.1 Å². The second-order valence-corrected chi connectivity index (χ2v) is 7.49. The van der Waals surface area contributed by atoms with Crippen LogP contribution in [0.15, 0.2) is 36.4 Å². The number of ether oxygens (including phenoxy) is 1. The van der Waals surface area contributed by atoms with Crippen LogP contribution in [-0.2, 0) is 22.6 Å². The lowest BCUT2D eigenvalue weighted by Crippen LogP contribution is -2.24. The Morgan fingerprint density at radius 1 is 1.25 bits per heavy atom. The minimum absolute atomic E-state index is 0.203. The highest BCUT2D eigenvalue weighted by atomic mass is 35.5. The van der Waals surface area contributed by atoms with Gasteiger partial charge in [-0.05, 0) is 42.9 Å². The third-order valence-electron chi connectivity index (χ3n) is 4.92. The Morgan fingerprint density at radius 2 is 2.04 bits per heavy atom. The van der Waals surface area contributed by atoms with Gasteiger partial charge in [0.2, 0.25) is 0 Å². The summed E-state index contributed by atoms with van der Waals surface area (Å²) in [6, 6.07) is 12.2. The van der Waals surface area contributed by atoms with E-state index >= 15 is 0 Å². The SMILES string of the molecule is CCOC(=O)CNCc1ccc(-c2ccc3c(nnn3CC3CC3)c2Cl)cc1. The lowest BCUT2D eigenvalue weighted by molar-refractivity contribution is -0.142. The number of carbonyl (C=O) groups is 1. The minimum Gasteiger partial charge on any atom is -0.465 e.